The normalized spacial score (nSPS) is 17.5. The van der Waals surface area contributed by atoms with Crippen LogP contribution in [0, 0.1) is 5.41 Å². The second-order valence-corrected chi connectivity index (χ2v) is 6.30. The molecule has 1 unspecified atom stereocenters. The van der Waals surface area contributed by atoms with E-state index in [0.29, 0.717) is 6.54 Å². The third kappa shape index (κ3) is 3.92. The molecule has 2 heteroatoms. The second kappa shape index (κ2) is 6.86. The zero-order valence-corrected chi connectivity index (χ0v) is 13.3. The summed E-state index contributed by atoms with van der Waals surface area (Å²) in [6.45, 7) is 7.14. The molecule has 0 aliphatic heterocycles. The number of allylic oxidation sites excluding steroid dienone is 4. The fourth-order valence-electron chi connectivity index (χ4n) is 2.43. The molecule has 0 amide bonds. The lowest BCUT2D eigenvalue weighted by atomic mass is 9.76. The maximum absolute atomic E-state index is 6.21. The van der Waals surface area contributed by atoms with Gasteiger partial charge in [-0.1, -0.05) is 62.4 Å². The Bertz CT molecular complexity index is 548. The number of hydrogen-bond acceptors (Lipinski definition) is 2. The Kier molecular flexibility index (Phi) is 5.13. The zero-order valence-electron chi connectivity index (χ0n) is 13.3. The van der Waals surface area contributed by atoms with Crippen molar-refractivity contribution in [3.8, 4) is 0 Å². The van der Waals surface area contributed by atoms with Crippen LogP contribution in [0.5, 0.6) is 0 Å². The molecule has 0 saturated carbocycles. The maximum Gasteiger partial charge on any atom is 0.0643 e. The number of rotatable bonds is 5. The third-order valence-corrected chi connectivity index (χ3v) is 4.28. The number of aliphatic imine (C=N–C) groups is 1. The molecule has 1 aliphatic carbocycles. The maximum atomic E-state index is 6.21. The van der Waals surface area contributed by atoms with Crippen molar-refractivity contribution in [2.24, 2.45) is 16.1 Å². The van der Waals surface area contributed by atoms with Crippen LogP contribution in [0.1, 0.15) is 39.2 Å². The van der Waals surface area contributed by atoms with Crippen LogP contribution in [-0.4, -0.2) is 11.8 Å². The molecule has 0 spiro atoms. The summed E-state index contributed by atoms with van der Waals surface area (Å²) in [6.07, 6.45) is 8.91. The third-order valence-electron chi connectivity index (χ3n) is 4.28. The molecule has 0 bridgehead atoms. The van der Waals surface area contributed by atoms with Crippen LogP contribution in [0.25, 0.3) is 0 Å². The van der Waals surface area contributed by atoms with E-state index in [4.69, 9.17) is 10.7 Å². The quantitative estimate of drug-likeness (QED) is 0.804. The van der Waals surface area contributed by atoms with Crippen molar-refractivity contribution < 1.29 is 0 Å². The van der Waals surface area contributed by atoms with Crippen molar-refractivity contribution in [1.82, 2.24) is 0 Å². The van der Waals surface area contributed by atoms with E-state index in [0.717, 1.165) is 18.6 Å². The first-order valence-corrected chi connectivity index (χ1v) is 7.73. The average Bonchev–Trinajstić information content (AvgIpc) is 2.49. The molecule has 1 aromatic rings. The molecule has 0 fully saturated rings. The van der Waals surface area contributed by atoms with Crippen LogP contribution < -0.4 is 5.73 Å². The van der Waals surface area contributed by atoms with E-state index in [1.165, 1.54) is 11.1 Å². The van der Waals surface area contributed by atoms with Gasteiger partial charge >= 0.3 is 0 Å². The predicted octanol–water partition coefficient (Wildman–Crippen LogP) is 4.28. The van der Waals surface area contributed by atoms with Crippen molar-refractivity contribution >= 4 is 5.71 Å². The molecule has 1 aliphatic rings. The minimum absolute atomic E-state index is 0.0586. The van der Waals surface area contributed by atoms with Gasteiger partial charge in [0, 0.05) is 17.2 Å². The summed E-state index contributed by atoms with van der Waals surface area (Å²) in [5.74, 6) is 0. The molecular weight excluding hydrogens is 256 g/mol. The van der Waals surface area contributed by atoms with Crippen molar-refractivity contribution in [3.05, 3.63) is 59.7 Å². The Labute approximate surface area is 128 Å². The van der Waals surface area contributed by atoms with Gasteiger partial charge in [-0.25, -0.2) is 0 Å². The van der Waals surface area contributed by atoms with Gasteiger partial charge in [-0.05, 0) is 30.9 Å². The smallest absolute Gasteiger partial charge is 0.0643 e. The van der Waals surface area contributed by atoms with E-state index in [1.54, 1.807) is 0 Å². The Morgan fingerprint density at radius 3 is 2.52 bits per heavy atom. The number of nitrogens with zero attached hydrogens (tertiary/aromatic N) is 1. The molecule has 0 saturated heterocycles. The van der Waals surface area contributed by atoms with Crippen LogP contribution >= 0.6 is 0 Å². The highest BCUT2D eigenvalue weighted by atomic mass is 14.8. The standard InChI is InChI=1S/C19H26N2/c1-15(20)19(2,3)18(17-12-8-5-9-13-17)21-14-16-10-6-4-7-11-16/h4,6-8,10-13,15H,5,9,14,20H2,1-3H3. The van der Waals surface area contributed by atoms with Gasteiger partial charge in [-0.3, -0.25) is 4.99 Å². The minimum Gasteiger partial charge on any atom is -0.327 e. The van der Waals surface area contributed by atoms with Gasteiger partial charge in [-0.15, -0.1) is 0 Å². The predicted molar refractivity (Wildman–Crippen MR) is 91.5 cm³/mol. The topological polar surface area (TPSA) is 38.4 Å². The lowest BCUT2D eigenvalue weighted by Crippen LogP contribution is -2.42. The molecule has 2 rings (SSSR count). The van der Waals surface area contributed by atoms with Gasteiger partial charge in [-0.2, -0.15) is 0 Å². The summed E-state index contributed by atoms with van der Waals surface area (Å²) in [6, 6.07) is 10.4. The van der Waals surface area contributed by atoms with Crippen LogP contribution in [0.2, 0.25) is 0 Å². The second-order valence-electron chi connectivity index (χ2n) is 6.30. The SMILES string of the molecule is CC(N)C(C)(C)C(=NCc1ccccc1)C1=CCCC=C1. The Balaban J connectivity index is 2.32. The van der Waals surface area contributed by atoms with E-state index in [2.05, 4.69) is 63.3 Å². The van der Waals surface area contributed by atoms with Crippen LogP contribution in [0.3, 0.4) is 0 Å². The van der Waals surface area contributed by atoms with E-state index < -0.39 is 0 Å². The summed E-state index contributed by atoms with van der Waals surface area (Å²) in [5.41, 5.74) is 9.67. The van der Waals surface area contributed by atoms with Crippen molar-refractivity contribution in [2.75, 3.05) is 0 Å². The van der Waals surface area contributed by atoms with Gasteiger partial charge in [0.25, 0.3) is 0 Å². The Morgan fingerprint density at radius 2 is 1.95 bits per heavy atom. The molecule has 0 aromatic heterocycles. The highest BCUT2D eigenvalue weighted by molar-refractivity contribution is 6.06. The zero-order chi connectivity index (χ0) is 15.3. The van der Waals surface area contributed by atoms with Gasteiger partial charge in [0.15, 0.2) is 0 Å². The number of benzene rings is 1. The molecule has 0 heterocycles. The van der Waals surface area contributed by atoms with Gasteiger partial charge in [0.2, 0.25) is 0 Å². The number of nitrogens with two attached hydrogens (primary N) is 1. The van der Waals surface area contributed by atoms with E-state index >= 15 is 0 Å². The molecule has 2 N–H and O–H groups in total. The molecule has 21 heavy (non-hydrogen) atoms. The largest absolute Gasteiger partial charge is 0.327 e. The van der Waals surface area contributed by atoms with Crippen LogP contribution in [0.15, 0.2) is 59.1 Å². The first-order chi connectivity index (χ1) is 10.0. The molecule has 1 aromatic carbocycles. The molecule has 112 valence electrons. The monoisotopic (exact) mass is 282 g/mol. The van der Waals surface area contributed by atoms with Gasteiger partial charge < -0.3 is 5.73 Å². The molecule has 1 atom stereocenters. The summed E-state index contributed by atoms with van der Waals surface area (Å²) in [4.78, 5) is 4.93. The molecule has 2 nitrogen and oxygen atoms in total. The average molecular weight is 282 g/mol. The summed E-state index contributed by atoms with van der Waals surface area (Å²) >= 11 is 0. The lowest BCUT2D eigenvalue weighted by Gasteiger charge is -2.32. The van der Waals surface area contributed by atoms with Gasteiger partial charge in [0.1, 0.15) is 0 Å². The summed E-state index contributed by atoms with van der Waals surface area (Å²) < 4.78 is 0. The van der Waals surface area contributed by atoms with E-state index in [-0.39, 0.29) is 11.5 Å². The highest BCUT2D eigenvalue weighted by Crippen LogP contribution is 2.28. The fourth-order valence-corrected chi connectivity index (χ4v) is 2.43. The van der Waals surface area contributed by atoms with E-state index in [1.807, 2.05) is 6.07 Å². The molecular formula is C19H26N2. The van der Waals surface area contributed by atoms with Crippen LogP contribution in [-0.2, 0) is 6.54 Å². The van der Waals surface area contributed by atoms with E-state index in [9.17, 15) is 0 Å². The highest BCUT2D eigenvalue weighted by Gasteiger charge is 2.31. The summed E-state index contributed by atoms with van der Waals surface area (Å²) in [5, 5.41) is 0. The summed E-state index contributed by atoms with van der Waals surface area (Å²) in [7, 11) is 0. The molecule has 0 radical (unpaired) electrons. The number of hydrogen-bond donors (Lipinski definition) is 1. The van der Waals surface area contributed by atoms with Crippen molar-refractivity contribution in [2.45, 2.75) is 46.2 Å². The Hall–Kier alpha value is -1.67. The minimum atomic E-state index is -0.137. The first kappa shape index (κ1) is 15.7. The Morgan fingerprint density at radius 1 is 1.24 bits per heavy atom. The van der Waals surface area contributed by atoms with Crippen LogP contribution in [0.4, 0.5) is 0 Å². The van der Waals surface area contributed by atoms with Gasteiger partial charge in [0.05, 0.1) is 6.54 Å². The lowest BCUT2D eigenvalue weighted by molar-refractivity contribution is 0.428. The van der Waals surface area contributed by atoms with Crippen molar-refractivity contribution in [1.29, 1.82) is 0 Å². The fraction of sp³-hybridized carbons (Fsp3) is 0.421. The van der Waals surface area contributed by atoms with Crippen molar-refractivity contribution in [3.63, 3.8) is 0 Å². The first-order valence-electron chi connectivity index (χ1n) is 7.73.